The molecule has 1 atom stereocenters. The number of rotatable bonds is 7. The molecule has 7 heteroatoms. The highest BCUT2D eigenvalue weighted by Crippen LogP contribution is 2.06. The number of carbonyl (C=O) groups excluding carboxylic acids is 1. The minimum Gasteiger partial charge on any atom is -0.352 e. The van der Waals surface area contributed by atoms with E-state index in [9.17, 15) is 4.79 Å². The van der Waals surface area contributed by atoms with Crippen molar-refractivity contribution in [3.8, 4) is 0 Å². The Balaban J connectivity index is 0.00000242. The molecule has 0 aliphatic rings. The van der Waals surface area contributed by atoms with Crippen LogP contribution in [0.5, 0.6) is 0 Å². The zero-order valence-corrected chi connectivity index (χ0v) is 14.8. The summed E-state index contributed by atoms with van der Waals surface area (Å²) in [6.07, 6.45) is 6.71. The molecular weight excluding hydrogens is 335 g/mol. The monoisotopic (exact) mass is 358 g/mol. The molecular formula is C16H24Cl2N4O. The lowest BCUT2D eigenvalue weighted by molar-refractivity contribution is -0.121. The van der Waals surface area contributed by atoms with E-state index >= 15 is 0 Å². The number of amides is 1. The maximum Gasteiger partial charge on any atom is 0.220 e. The third kappa shape index (κ3) is 8.02. The van der Waals surface area contributed by atoms with Crippen LogP contribution in [0.25, 0.3) is 0 Å². The van der Waals surface area contributed by atoms with Crippen LogP contribution >= 0.6 is 24.8 Å². The fourth-order valence-corrected chi connectivity index (χ4v) is 2.00. The normalized spacial score (nSPS) is 11.0. The molecule has 23 heavy (non-hydrogen) atoms. The molecule has 5 nitrogen and oxygen atoms in total. The van der Waals surface area contributed by atoms with E-state index in [1.54, 1.807) is 12.5 Å². The van der Waals surface area contributed by atoms with Gasteiger partial charge in [-0.15, -0.1) is 24.8 Å². The van der Waals surface area contributed by atoms with E-state index in [0.29, 0.717) is 13.0 Å². The van der Waals surface area contributed by atoms with Gasteiger partial charge in [-0.25, -0.2) is 4.98 Å². The lowest BCUT2D eigenvalue weighted by Gasteiger charge is -2.08. The topological polar surface area (TPSA) is 72.9 Å². The van der Waals surface area contributed by atoms with Crippen LogP contribution in [-0.4, -0.2) is 21.5 Å². The van der Waals surface area contributed by atoms with Gasteiger partial charge in [0.1, 0.15) is 0 Å². The predicted molar refractivity (Wildman–Crippen MR) is 97.0 cm³/mol. The summed E-state index contributed by atoms with van der Waals surface area (Å²) in [6.45, 7) is 3.27. The Bertz CT molecular complexity index is 556. The molecule has 1 aromatic heterocycles. The van der Waals surface area contributed by atoms with E-state index in [1.807, 2.05) is 29.8 Å². The summed E-state index contributed by atoms with van der Waals surface area (Å²) in [5.41, 5.74) is 7.94. The van der Waals surface area contributed by atoms with Crippen LogP contribution in [-0.2, 0) is 17.9 Å². The third-order valence-electron chi connectivity index (χ3n) is 3.26. The Kier molecular flexibility index (Phi) is 10.3. The fraction of sp³-hybridized carbons (Fsp3) is 0.375. The molecule has 3 N–H and O–H groups in total. The minimum atomic E-state index is 0. The Hall–Kier alpha value is -1.56. The first kappa shape index (κ1) is 21.4. The van der Waals surface area contributed by atoms with Crippen molar-refractivity contribution < 1.29 is 4.79 Å². The number of carbonyl (C=O) groups is 1. The Morgan fingerprint density at radius 1 is 1.26 bits per heavy atom. The quantitative estimate of drug-likeness (QED) is 0.798. The zero-order valence-electron chi connectivity index (χ0n) is 13.1. The van der Waals surface area contributed by atoms with Crippen molar-refractivity contribution in [2.24, 2.45) is 5.73 Å². The van der Waals surface area contributed by atoms with Crippen molar-refractivity contribution in [3.05, 3.63) is 54.1 Å². The molecule has 0 aliphatic carbocycles. The van der Waals surface area contributed by atoms with E-state index in [2.05, 4.69) is 22.4 Å². The maximum atomic E-state index is 11.6. The Labute approximate surface area is 149 Å². The molecule has 2 rings (SSSR count). The number of benzene rings is 1. The van der Waals surface area contributed by atoms with Gasteiger partial charge in [-0.1, -0.05) is 24.3 Å². The fourth-order valence-electron chi connectivity index (χ4n) is 2.00. The number of halogens is 2. The van der Waals surface area contributed by atoms with Gasteiger partial charge in [-0.3, -0.25) is 4.79 Å². The molecule has 1 unspecified atom stereocenters. The number of nitrogens with zero attached hydrogens (tertiary/aromatic N) is 2. The molecule has 1 aromatic carbocycles. The van der Waals surface area contributed by atoms with Gasteiger partial charge in [0.25, 0.3) is 0 Å². The summed E-state index contributed by atoms with van der Waals surface area (Å²) < 4.78 is 2.02. The first-order valence-corrected chi connectivity index (χ1v) is 7.19. The number of hydrogen-bond acceptors (Lipinski definition) is 3. The lowest BCUT2D eigenvalue weighted by atomic mass is 10.1. The molecule has 0 saturated heterocycles. The van der Waals surface area contributed by atoms with Crippen molar-refractivity contribution in [2.75, 3.05) is 0 Å². The highest BCUT2D eigenvalue weighted by atomic mass is 35.5. The largest absolute Gasteiger partial charge is 0.352 e. The van der Waals surface area contributed by atoms with E-state index in [-0.39, 0.29) is 36.8 Å². The van der Waals surface area contributed by atoms with Gasteiger partial charge in [0.15, 0.2) is 0 Å². The van der Waals surface area contributed by atoms with E-state index in [0.717, 1.165) is 18.5 Å². The van der Waals surface area contributed by atoms with Crippen molar-refractivity contribution in [1.82, 2.24) is 14.9 Å². The zero-order chi connectivity index (χ0) is 15.1. The first-order chi connectivity index (χ1) is 10.1. The summed E-state index contributed by atoms with van der Waals surface area (Å²) >= 11 is 0. The molecule has 0 radical (unpaired) electrons. The molecule has 0 saturated carbocycles. The molecule has 0 bridgehead atoms. The molecule has 0 spiro atoms. The maximum absolute atomic E-state index is 11.6. The standard InChI is InChI=1S/C16H22N4O.2ClH/c1-13(17)2-7-16(21)19-10-14-3-5-15(6-4-14)11-20-9-8-18-12-20;;/h3-6,8-9,12-13H,2,7,10-11,17H2,1H3,(H,19,21);2*1H. The van der Waals surface area contributed by atoms with Gasteiger partial charge < -0.3 is 15.6 Å². The van der Waals surface area contributed by atoms with E-state index in [4.69, 9.17) is 5.73 Å². The van der Waals surface area contributed by atoms with Crippen LogP contribution in [0.15, 0.2) is 43.0 Å². The highest BCUT2D eigenvalue weighted by molar-refractivity contribution is 5.85. The lowest BCUT2D eigenvalue weighted by Crippen LogP contribution is -2.25. The van der Waals surface area contributed by atoms with Crippen LogP contribution < -0.4 is 11.1 Å². The van der Waals surface area contributed by atoms with E-state index < -0.39 is 0 Å². The van der Waals surface area contributed by atoms with Crippen LogP contribution in [0.4, 0.5) is 0 Å². The van der Waals surface area contributed by atoms with Gasteiger partial charge >= 0.3 is 0 Å². The SMILES string of the molecule is CC(N)CCC(=O)NCc1ccc(Cn2ccnc2)cc1.Cl.Cl. The van der Waals surface area contributed by atoms with Crippen LogP contribution in [0.2, 0.25) is 0 Å². The predicted octanol–water partition coefficient (Wildman–Crippen LogP) is 2.52. The Morgan fingerprint density at radius 2 is 1.91 bits per heavy atom. The van der Waals surface area contributed by atoms with Crippen molar-refractivity contribution in [3.63, 3.8) is 0 Å². The summed E-state index contributed by atoms with van der Waals surface area (Å²) in [5, 5.41) is 2.91. The number of hydrogen-bond donors (Lipinski definition) is 2. The molecule has 128 valence electrons. The molecule has 2 aromatic rings. The second kappa shape index (κ2) is 11.0. The minimum absolute atomic E-state index is 0. The third-order valence-corrected chi connectivity index (χ3v) is 3.26. The second-order valence-corrected chi connectivity index (χ2v) is 5.34. The van der Waals surface area contributed by atoms with Gasteiger partial charge in [0.2, 0.25) is 5.91 Å². The number of imidazole rings is 1. The molecule has 1 heterocycles. The number of aromatic nitrogens is 2. The Morgan fingerprint density at radius 3 is 2.48 bits per heavy atom. The summed E-state index contributed by atoms with van der Waals surface area (Å²) in [6, 6.07) is 8.29. The highest BCUT2D eigenvalue weighted by Gasteiger charge is 2.03. The van der Waals surface area contributed by atoms with Crippen molar-refractivity contribution in [2.45, 2.75) is 38.9 Å². The van der Waals surface area contributed by atoms with Crippen LogP contribution in [0, 0.1) is 0 Å². The van der Waals surface area contributed by atoms with Crippen molar-refractivity contribution >= 4 is 30.7 Å². The number of nitrogens with two attached hydrogens (primary N) is 1. The summed E-state index contributed by atoms with van der Waals surface area (Å²) in [7, 11) is 0. The summed E-state index contributed by atoms with van der Waals surface area (Å²) in [5.74, 6) is 0.0507. The average molecular weight is 359 g/mol. The van der Waals surface area contributed by atoms with Crippen LogP contribution in [0.1, 0.15) is 30.9 Å². The van der Waals surface area contributed by atoms with E-state index in [1.165, 1.54) is 5.56 Å². The van der Waals surface area contributed by atoms with Gasteiger partial charge in [0, 0.05) is 37.9 Å². The van der Waals surface area contributed by atoms with Gasteiger partial charge in [-0.05, 0) is 24.5 Å². The van der Waals surface area contributed by atoms with Crippen LogP contribution in [0.3, 0.4) is 0 Å². The molecule has 0 fully saturated rings. The molecule has 1 amide bonds. The average Bonchev–Trinajstić information content (AvgIpc) is 2.97. The second-order valence-electron chi connectivity index (χ2n) is 5.34. The summed E-state index contributed by atoms with van der Waals surface area (Å²) in [4.78, 5) is 15.6. The van der Waals surface area contributed by atoms with Gasteiger partial charge in [-0.2, -0.15) is 0 Å². The van der Waals surface area contributed by atoms with Gasteiger partial charge in [0.05, 0.1) is 6.33 Å². The molecule has 0 aliphatic heterocycles. The van der Waals surface area contributed by atoms with Crippen molar-refractivity contribution in [1.29, 1.82) is 0 Å². The smallest absolute Gasteiger partial charge is 0.220 e. The number of nitrogens with one attached hydrogen (secondary N) is 1. The first-order valence-electron chi connectivity index (χ1n) is 7.19.